The molecule has 4 heteroatoms. The summed E-state index contributed by atoms with van der Waals surface area (Å²) >= 11 is 0. The second-order valence-corrected chi connectivity index (χ2v) is 5.66. The van der Waals surface area contributed by atoms with Crippen LogP contribution in [0.5, 0.6) is 5.75 Å². The summed E-state index contributed by atoms with van der Waals surface area (Å²) < 4.78 is 5.37. The number of rotatable bonds is 4. The van der Waals surface area contributed by atoms with Gasteiger partial charge in [-0.15, -0.1) is 0 Å². The van der Waals surface area contributed by atoms with Gasteiger partial charge in [-0.3, -0.25) is 0 Å². The molecule has 0 aliphatic heterocycles. The lowest BCUT2D eigenvalue weighted by molar-refractivity contribution is 0.415. The lowest BCUT2D eigenvalue weighted by Crippen LogP contribution is -2.31. The molecule has 0 atom stereocenters. The van der Waals surface area contributed by atoms with E-state index in [1.165, 1.54) is 0 Å². The standard InChI is InChI=1S/C22H21N3O.C2H6/c1-5-16-11-9-13-20(23-16)22-24-19(7-3)18(6-2)21(25-22)15-10-8-12-17(14-15)26-4;1-2/h5-14H,1H2,2-4H3;1-2H3/b18-6+,19-7+;. The number of hydrogen-bond acceptors (Lipinski definition) is 4. The molecule has 0 bridgehead atoms. The van der Waals surface area contributed by atoms with Crippen LogP contribution in [-0.4, -0.2) is 22.1 Å². The van der Waals surface area contributed by atoms with Crippen molar-refractivity contribution in [3.8, 4) is 28.5 Å². The molecular weight excluding hydrogens is 346 g/mol. The van der Waals surface area contributed by atoms with Gasteiger partial charge in [-0.1, -0.05) is 50.8 Å². The summed E-state index contributed by atoms with van der Waals surface area (Å²) in [6, 6.07) is 13.6. The highest BCUT2D eigenvalue weighted by Gasteiger charge is 2.10. The van der Waals surface area contributed by atoms with Gasteiger partial charge in [0.25, 0.3) is 0 Å². The lowest BCUT2D eigenvalue weighted by atomic mass is 10.1. The van der Waals surface area contributed by atoms with E-state index in [-0.39, 0.29) is 0 Å². The first-order chi connectivity index (χ1) is 13.7. The van der Waals surface area contributed by atoms with Crippen LogP contribution in [0.4, 0.5) is 0 Å². The van der Waals surface area contributed by atoms with Gasteiger partial charge in [0.15, 0.2) is 5.82 Å². The summed E-state index contributed by atoms with van der Waals surface area (Å²) in [7, 11) is 1.66. The normalized spacial score (nSPS) is 11.6. The molecule has 0 aliphatic rings. The third-order valence-corrected chi connectivity index (χ3v) is 4.09. The monoisotopic (exact) mass is 373 g/mol. The molecule has 0 spiro atoms. The van der Waals surface area contributed by atoms with E-state index >= 15 is 0 Å². The van der Waals surface area contributed by atoms with Gasteiger partial charge in [0.2, 0.25) is 0 Å². The van der Waals surface area contributed by atoms with Crippen molar-refractivity contribution in [1.82, 2.24) is 15.0 Å². The van der Waals surface area contributed by atoms with Crippen LogP contribution >= 0.6 is 0 Å². The Morgan fingerprint density at radius 3 is 2.32 bits per heavy atom. The fourth-order valence-corrected chi connectivity index (χ4v) is 2.79. The number of ether oxygens (including phenoxy) is 1. The Kier molecular flexibility index (Phi) is 7.64. The number of pyridine rings is 1. The topological polar surface area (TPSA) is 47.9 Å². The molecule has 4 nitrogen and oxygen atoms in total. The third kappa shape index (κ3) is 4.52. The Morgan fingerprint density at radius 1 is 0.929 bits per heavy atom. The van der Waals surface area contributed by atoms with E-state index in [2.05, 4.69) is 11.6 Å². The van der Waals surface area contributed by atoms with Crippen LogP contribution in [0.1, 0.15) is 33.4 Å². The molecule has 3 aromatic rings. The summed E-state index contributed by atoms with van der Waals surface area (Å²) in [6.07, 6.45) is 5.73. The van der Waals surface area contributed by atoms with E-state index in [1.807, 2.05) is 82.3 Å². The highest BCUT2D eigenvalue weighted by molar-refractivity contribution is 5.66. The molecule has 0 saturated heterocycles. The van der Waals surface area contributed by atoms with E-state index in [1.54, 1.807) is 13.2 Å². The largest absolute Gasteiger partial charge is 0.497 e. The van der Waals surface area contributed by atoms with E-state index in [0.717, 1.165) is 39.0 Å². The minimum atomic E-state index is 0.588. The maximum atomic E-state index is 5.37. The van der Waals surface area contributed by atoms with Crippen molar-refractivity contribution >= 4 is 18.2 Å². The SMILES string of the molecule is C=Cc1cccc(-c2nc(-c3cccc(OC)c3)c(=C/C)/c(=C\C)n2)n1.CC. The molecule has 28 heavy (non-hydrogen) atoms. The molecule has 144 valence electrons. The van der Waals surface area contributed by atoms with Crippen molar-refractivity contribution in [2.45, 2.75) is 27.7 Å². The average Bonchev–Trinajstić information content (AvgIpc) is 2.79. The van der Waals surface area contributed by atoms with Gasteiger partial charge in [-0.05, 0) is 44.2 Å². The molecule has 0 saturated carbocycles. The zero-order valence-corrected chi connectivity index (χ0v) is 17.2. The van der Waals surface area contributed by atoms with Crippen LogP contribution in [-0.2, 0) is 0 Å². The molecule has 0 N–H and O–H groups in total. The number of benzene rings is 1. The van der Waals surface area contributed by atoms with Gasteiger partial charge in [-0.2, -0.15) is 0 Å². The molecule has 0 fully saturated rings. The first-order valence-electron chi connectivity index (χ1n) is 9.45. The van der Waals surface area contributed by atoms with Crippen LogP contribution < -0.4 is 15.3 Å². The molecule has 0 aliphatic carbocycles. The van der Waals surface area contributed by atoms with Crippen molar-refractivity contribution in [1.29, 1.82) is 0 Å². The van der Waals surface area contributed by atoms with Crippen LogP contribution in [0.15, 0.2) is 49.0 Å². The smallest absolute Gasteiger partial charge is 0.179 e. The van der Waals surface area contributed by atoms with Crippen molar-refractivity contribution < 1.29 is 4.74 Å². The number of hydrogen-bond donors (Lipinski definition) is 0. The zero-order valence-electron chi connectivity index (χ0n) is 17.2. The summed E-state index contributed by atoms with van der Waals surface area (Å²) in [5, 5.41) is 1.87. The van der Waals surface area contributed by atoms with Crippen LogP contribution in [0.2, 0.25) is 0 Å². The first kappa shape index (κ1) is 21.0. The molecule has 2 heterocycles. The number of nitrogens with zero attached hydrogens (tertiary/aromatic N) is 3. The van der Waals surface area contributed by atoms with E-state index in [0.29, 0.717) is 5.82 Å². The minimum absolute atomic E-state index is 0.588. The van der Waals surface area contributed by atoms with Crippen molar-refractivity contribution in [2.75, 3.05) is 7.11 Å². The van der Waals surface area contributed by atoms with Gasteiger partial charge in [0.1, 0.15) is 11.4 Å². The van der Waals surface area contributed by atoms with E-state index in [9.17, 15) is 0 Å². The predicted molar refractivity (Wildman–Crippen MR) is 118 cm³/mol. The lowest BCUT2D eigenvalue weighted by Gasteiger charge is -2.08. The Bertz CT molecular complexity index is 1070. The van der Waals surface area contributed by atoms with Gasteiger partial charge in [0.05, 0.1) is 23.8 Å². The second kappa shape index (κ2) is 10.2. The molecule has 3 rings (SSSR count). The number of aromatic nitrogens is 3. The highest BCUT2D eigenvalue weighted by Crippen LogP contribution is 2.21. The zero-order chi connectivity index (χ0) is 20.5. The fraction of sp³-hybridized carbons (Fsp3) is 0.208. The van der Waals surface area contributed by atoms with Crippen LogP contribution in [0, 0.1) is 0 Å². The van der Waals surface area contributed by atoms with Gasteiger partial charge in [-0.25, -0.2) is 15.0 Å². The van der Waals surface area contributed by atoms with Crippen LogP contribution in [0.3, 0.4) is 0 Å². The summed E-state index contributed by atoms with van der Waals surface area (Å²) in [6.45, 7) is 11.7. The summed E-state index contributed by atoms with van der Waals surface area (Å²) in [4.78, 5) is 14.1. The third-order valence-electron chi connectivity index (χ3n) is 4.09. The number of methoxy groups -OCH3 is 1. The predicted octanol–water partition coefficient (Wildman–Crippen LogP) is 4.48. The van der Waals surface area contributed by atoms with Gasteiger partial charge < -0.3 is 4.74 Å². The molecule has 0 amide bonds. The Labute approximate surface area is 167 Å². The Hall–Kier alpha value is -3.27. The molecule has 0 unspecified atom stereocenters. The highest BCUT2D eigenvalue weighted by atomic mass is 16.5. The van der Waals surface area contributed by atoms with Crippen molar-refractivity contribution in [2.24, 2.45) is 0 Å². The van der Waals surface area contributed by atoms with Gasteiger partial charge >= 0.3 is 0 Å². The molecular formula is C24H27N3O. The molecule has 2 aromatic heterocycles. The van der Waals surface area contributed by atoms with Crippen molar-refractivity contribution in [3.63, 3.8) is 0 Å². The minimum Gasteiger partial charge on any atom is -0.497 e. The molecule has 1 aromatic carbocycles. The molecule has 0 radical (unpaired) electrons. The second-order valence-electron chi connectivity index (χ2n) is 5.66. The maximum Gasteiger partial charge on any atom is 0.179 e. The fourth-order valence-electron chi connectivity index (χ4n) is 2.79. The van der Waals surface area contributed by atoms with E-state index < -0.39 is 0 Å². The summed E-state index contributed by atoms with van der Waals surface area (Å²) in [5.41, 5.74) is 3.35. The Morgan fingerprint density at radius 2 is 1.68 bits per heavy atom. The quantitative estimate of drug-likeness (QED) is 0.676. The first-order valence-corrected chi connectivity index (χ1v) is 9.45. The van der Waals surface area contributed by atoms with Gasteiger partial charge in [0, 0.05) is 10.8 Å². The summed E-state index contributed by atoms with van der Waals surface area (Å²) in [5.74, 6) is 1.38. The van der Waals surface area contributed by atoms with Crippen molar-refractivity contribution in [3.05, 3.63) is 65.3 Å². The van der Waals surface area contributed by atoms with E-state index in [4.69, 9.17) is 14.7 Å². The van der Waals surface area contributed by atoms with Crippen LogP contribution in [0.25, 0.3) is 41.0 Å². The average molecular weight is 374 g/mol. The Balaban J connectivity index is 0.00000136. The maximum absolute atomic E-state index is 5.37.